The number of guanidine groups is 1. The molecule has 148 valence electrons. The third kappa shape index (κ3) is 6.71. The van der Waals surface area contributed by atoms with E-state index in [-0.39, 0.29) is 35.8 Å². The van der Waals surface area contributed by atoms with Crippen molar-refractivity contribution in [3.8, 4) is 5.75 Å². The molecule has 1 saturated carbocycles. The number of hydrogen-bond donors (Lipinski definition) is 2. The SMILES string of the molecule is CN=C(NCCc1ccco1)NC(C)c1ccc(OCC2CC2)c(F)c1.I. The van der Waals surface area contributed by atoms with Crippen LogP contribution in [-0.4, -0.2) is 26.2 Å². The molecule has 0 radical (unpaired) electrons. The smallest absolute Gasteiger partial charge is 0.191 e. The molecular weight excluding hydrogens is 460 g/mol. The molecule has 0 aliphatic heterocycles. The number of furan rings is 1. The molecule has 1 heterocycles. The lowest BCUT2D eigenvalue weighted by molar-refractivity contribution is 0.285. The van der Waals surface area contributed by atoms with E-state index in [9.17, 15) is 4.39 Å². The first-order valence-corrected chi connectivity index (χ1v) is 9.07. The molecule has 1 aromatic heterocycles. The largest absolute Gasteiger partial charge is 0.490 e. The van der Waals surface area contributed by atoms with Gasteiger partial charge in [-0.25, -0.2) is 4.39 Å². The van der Waals surface area contributed by atoms with Crippen LogP contribution in [0.3, 0.4) is 0 Å². The number of aliphatic imine (C=N–C) groups is 1. The van der Waals surface area contributed by atoms with Crippen molar-refractivity contribution >= 4 is 29.9 Å². The first kappa shape index (κ1) is 21.5. The van der Waals surface area contributed by atoms with Crippen LogP contribution in [0.2, 0.25) is 0 Å². The van der Waals surface area contributed by atoms with Crippen LogP contribution >= 0.6 is 24.0 Å². The third-order valence-electron chi connectivity index (χ3n) is 4.45. The van der Waals surface area contributed by atoms with Gasteiger partial charge in [0.15, 0.2) is 17.5 Å². The molecule has 3 rings (SSSR count). The maximum absolute atomic E-state index is 14.3. The number of ether oxygens (including phenoxy) is 1. The van der Waals surface area contributed by atoms with E-state index in [1.165, 1.54) is 18.9 Å². The van der Waals surface area contributed by atoms with E-state index >= 15 is 0 Å². The van der Waals surface area contributed by atoms with Crippen LogP contribution in [0.4, 0.5) is 4.39 Å². The normalized spacial score (nSPS) is 15.0. The maximum Gasteiger partial charge on any atom is 0.191 e. The number of nitrogens with zero attached hydrogens (tertiary/aromatic N) is 1. The van der Waals surface area contributed by atoms with Gasteiger partial charge in [0, 0.05) is 20.0 Å². The third-order valence-corrected chi connectivity index (χ3v) is 4.45. The highest BCUT2D eigenvalue weighted by molar-refractivity contribution is 14.0. The molecule has 0 spiro atoms. The summed E-state index contributed by atoms with van der Waals surface area (Å²) in [5.41, 5.74) is 0.843. The molecule has 0 saturated heterocycles. The Labute approximate surface area is 176 Å². The van der Waals surface area contributed by atoms with Crippen molar-refractivity contribution in [2.45, 2.75) is 32.2 Å². The van der Waals surface area contributed by atoms with Crippen LogP contribution in [0.25, 0.3) is 0 Å². The number of nitrogens with one attached hydrogen (secondary N) is 2. The van der Waals surface area contributed by atoms with Crippen LogP contribution in [0.15, 0.2) is 46.0 Å². The minimum atomic E-state index is -0.322. The molecule has 1 aliphatic carbocycles. The lowest BCUT2D eigenvalue weighted by atomic mass is 10.1. The molecule has 1 atom stereocenters. The highest BCUT2D eigenvalue weighted by atomic mass is 127. The predicted molar refractivity (Wildman–Crippen MR) is 115 cm³/mol. The molecule has 0 bridgehead atoms. The topological polar surface area (TPSA) is 58.8 Å². The summed E-state index contributed by atoms with van der Waals surface area (Å²) in [4.78, 5) is 4.21. The summed E-state index contributed by atoms with van der Waals surface area (Å²) in [5.74, 6) is 2.19. The van der Waals surface area contributed by atoms with Gasteiger partial charge < -0.3 is 19.8 Å². The molecule has 2 aromatic rings. The maximum atomic E-state index is 14.3. The van der Waals surface area contributed by atoms with Crippen molar-refractivity contribution in [2.75, 3.05) is 20.2 Å². The molecule has 1 unspecified atom stereocenters. The van der Waals surface area contributed by atoms with E-state index in [1.807, 2.05) is 25.1 Å². The Hall–Kier alpha value is -1.77. The van der Waals surface area contributed by atoms with Gasteiger partial charge in [0.1, 0.15) is 5.76 Å². The van der Waals surface area contributed by atoms with E-state index in [4.69, 9.17) is 9.15 Å². The number of rotatable bonds is 8. The van der Waals surface area contributed by atoms with Crippen molar-refractivity contribution in [2.24, 2.45) is 10.9 Å². The fourth-order valence-corrected chi connectivity index (χ4v) is 2.64. The molecular formula is C20H27FIN3O2. The van der Waals surface area contributed by atoms with Crippen molar-refractivity contribution in [3.05, 3.63) is 53.7 Å². The lowest BCUT2D eigenvalue weighted by Crippen LogP contribution is -2.39. The van der Waals surface area contributed by atoms with Crippen molar-refractivity contribution in [3.63, 3.8) is 0 Å². The zero-order valence-corrected chi connectivity index (χ0v) is 18.0. The molecule has 1 aromatic carbocycles. The van der Waals surface area contributed by atoms with Crippen LogP contribution < -0.4 is 15.4 Å². The molecule has 2 N–H and O–H groups in total. The van der Waals surface area contributed by atoms with Crippen LogP contribution in [-0.2, 0) is 6.42 Å². The molecule has 27 heavy (non-hydrogen) atoms. The Balaban J connectivity index is 0.00000261. The molecule has 7 heteroatoms. The van der Waals surface area contributed by atoms with Gasteiger partial charge in [0.25, 0.3) is 0 Å². The van der Waals surface area contributed by atoms with Crippen molar-refractivity contribution < 1.29 is 13.5 Å². The summed E-state index contributed by atoms with van der Waals surface area (Å²) in [5, 5.41) is 6.51. The first-order chi connectivity index (χ1) is 12.7. The summed E-state index contributed by atoms with van der Waals surface area (Å²) >= 11 is 0. The zero-order chi connectivity index (χ0) is 18.4. The number of halogens is 2. The standard InChI is InChI=1S/C20H26FN3O2.HI/c1-14(24-20(22-2)23-10-9-17-4-3-11-25-17)16-7-8-19(18(21)12-16)26-13-15-5-6-15;/h3-4,7-8,11-12,14-15H,5-6,9-10,13H2,1-2H3,(H2,22,23,24);1H. The average Bonchev–Trinajstić information content (AvgIpc) is 3.33. The minimum Gasteiger partial charge on any atom is -0.490 e. The highest BCUT2D eigenvalue weighted by Crippen LogP contribution is 2.30. The van der Waals surface area contributed by atoms with Gasteiger partial charge in [0.05, 0.1) is 18.9 Å². The lowest BCUT2D eigenvalue weighted by Gasteiger charge is -2.19. The van der Waals surface area contributed by atoms with Gasteiger partial charge >= 0.3 is 0 Å². The summed E-state index contributed by atoms with van der Waals surface area (Å²) in [6, 6.07) is 8.84. The fourth-order valence-electron chi connectivity index (χ4n) is 2.64. The Bertz CT molecular complexity index is 733. The number of hydrogen-bond acceptors (Lipinski definition) is 3. The number of benzene rings is 1. The van der Waals surface area contributed by atoms with E-state index < -0.39 is 0 Å². The Kier molecular flexibility index (Phi) is 8.40. The van der Waals surface area contributed by atoms with Gasteiger partial charge in [-0.15, -0.1) is 24.0 Å². The van der Waals surface area contributed by atoms with E-state index in [2.05, 4.69) is 15.6 Å². The van der Waals surface area contributed by atoms with Crippen LogP contribution in [0.1, 0.15) is 37.1 Å². The second-order valence-corrected chi connectivity index (χ2v) is 6.64. The minimum absolute atomic E-state index is 0. The van der Waals surface area contributed by atoms with Gasteiger partial charge in [-0.1, -0.05) is 6.07 Å². The second kappa shape index (κ2) is 10.5. The second-order valence-electron chi connectivity index (χ2n) is 6.64. The summed E-state index contributed by atoms with van der Waals surface area (Å²) < 4.78 is 25.1. The van der Waals surface area contributed by atoms with Gasteiger partial charge in [0.2, 0.25) is 0 Å². The quantitative estimate of drug-likeness (QED) is 0.332. The Morgan fingerprint density at radius 2 is 2.19 bits per heavy atom. The van der Waals surface area contributed by atoms with Crippen molar-refractivity contribution in [1.29, 1.82) is 0 Å². The first-order valence-electron chi connectivity index (χ1n) is 9.07. The summed E-state index contributed by atoms with van der Waals surface area (Å²) in [6.07, 6.45) is 4.81. The summed E-state index contributed by atoms with van der Waals surface area (Å²) in [6.45, 7) is 3.28. The fraction of sp³-hybridized carbons (Fsp3) is 0.450. The van der Waals surface area contributed by atoms with Crippen LogP contribution in [0, 0.1) is 11.7 Å². The monoisotopic (exact) mass is 487 g/mol. The van der Waals surface area contributed by atoms with Gasteiger partial charge in [-0.3, -0.25) is 4.99 Å². The van der Waals surface area contributed by atoms with E-state index in [1.54, 1.807) is 19.4 Å². The van der Waals surface area contributed by atoms with Crippen molar-refractivity contribution in [1.82, 2.24) is 10.6 Å². The highest BCUT2D eigenvalue weighted by Gasteiger charge is 2.22. The average molecular weight is 487 g/mol. The zero-order valence-electron chi connectivity index (χ0n) is 15.7. The van der Waals surface area contributed by atoms with Crippen LogP contribution in [0.5, 0.6) is 5.75 Å². The molecule has 1 aliphatic rings. The predicted octanol–water partition coefficient (Wildman–Crippen LogP) is 4.29. The van der Waals surface area contributed by atoms with E-state index in [0.29, 0.717) is 30.8 Å². The van der Waals surface area contributed by atoms with Gasteiger partial charge in [-0.2, -0.15) is 0 Å². The Morgan fingerprint density at radius 3 is 2.81 bits per heavy atom. The van der Waals surface area contributed by atoms with Gasteiger partial charge in [-0.05, 0) is 55.5 Å². The molecule has 0 amide bonds. The summed E-state index contributed by atoms with van der Waals surface area (Å²) in [7, 11) is 1.71. The van der Waals surface area contributed by atoms with E-state index in [0.717, 1.165) is 17.7 Å². The molecule has 5 nitrogen and oxygen atoms in total. The molecule has 1 fully saturated rings. The Morgan fingerprint density at radius 1 is 1.37 bits per heavy atom.